The van der Waals surface area contributed by atoms with Crippen LogP contribution in [0.2, 0.25) is 0 Å². The average molecular weight is 330 g/mol. The molecule has 0 aliphatic carbocycles. The second kappa shape index (κ2) is 6.09. The topological polar surface area (TPSA) is 107 Å². The molecule has 0 saturated carbocycles. The first-order chi connectivity index (χ1) is 11.5. The lowest BCUT2D eigenvalue weighted by molar-refractivity contribution is -0.161. The second-order valence-electron chi connectivity index (χ2n) is 6.07. The molecule has 0 aromatic heterocycles. The average Bonchev–Trinajstić information content (AvgIpc) is 2.88. The van der Waals surface area contributed by atoms with E-state index in [0.29, 0.717) is 24.9 Å². The third kappa shape index (κ3) is 2.46. The molecule has 3 N–H and O–H groups in total. The number of amides is 2. The zero-order valence-electron chi connectivity index (χ0n) is 13.1. The minimum Gasteiger partial charge on any atom is -0.477 e. The molecule has 2 heterocycles. The number of rotatable bonds is 6. The molecule has 1 aromatic carbocycles. The van der Waals surface area contributed by atoms with Crippen LogP contribution in [0.1, 0.15) is 24.5 Å². The van der Waals surface area contributed by atoms with Gasteiger partial charge in [-0.1, -0.05) is 24.3 Å². The predicted molar refractivity (Wildman–Crippen MR) is 84.3 cm³/mol. The van der Waals surface area contributed by atoms with E-state index in [4.69, 9.17) is 0 Å². The van der Waals surface area contributed by atoms with Crippen LogP contribution in [0, 0.1) is 5.92 Å². The summed E-state index contributed by atoms with van der Waals surface area (Å²) < 4.78 is 0. The molecule has 2 aliphatic rings. The fourth-order valence-corrected chi connectivity index (χ4v) is 3.51. The van der Waals surface area contributed by atoms with Crippen LogP contribution < -0.4 is 5.32 Å². The Morgan fingerprint density at radius 1 is 1.42 bits per heavy atom. The second-order valence-corrected chi connectivity index (χ2v) is 6.07. The number of hydrogen-bond donors (Lipinski definition) is 3. The molecule has 2 amide bonds. The number of aliphatic hydroxyl groups excluding tert-OH is 1. The van der Waals surface area contributed by atoms with Crippen molar-refractivity contribution >= 4 is 23.9 Å². The van der Waals surface area contributed by atoms with Crippen LogP contribution in [-0.4, -0.2) is 45.5 Å². The van der Waals surface area contributed by atoms with E-state index >= 15 is 0 Å². The van der Waals surface area contributed by atoms with E-state index in [1.807, 2.05) is 12.1 Å². The largest absolute Gasteiger partial charge is 0.477 e. The van der Waals surface area contributed by atoms with Gasteiger partial charge in [0.15, 0.2) is 0 Å². The number of aliphatic carboxylic acids is 1. The fourth-order valence-electron chi connectivity index (χ4n) is 3.51. The van der Waals surface area contributed by atoms with Gasteiger partial charge in [-0.2, -0.15) is 0 Å². The van der Waals surface area contributed by atoms with Gasteiger partial charge in [-0.3, -0.25) is 9.59 Å². The SMILES string of the molecule is C[C@@H](O)[C@H]1C(=O)N2C(C(=O)O)=C(c3ccc(CNC=O)cc3)C[C@H]12. The Labute approximate surface area is 138 Å². The summed E-state index contributed by atoms with van der Waals surface area (Å²) in [5, 5.41) is 21.8. The summed E-state index contributed by atoms with van der Waals surface area (Å²) in [6, 6.07) is 6.89. The predicted octanol–water partition coefficient (Wildman–Crippen LogP) is 0.340. The number of benzene rings is 1. The van der Waals surface area contributed by atoms with E-state index in [1.165, 1.54) is 4.90 Å². The maximum absolute atomic E-state index is 12.2. The molecule has 3 rings (SSSR count). The first kappa shape index (κ1) is 16.2. The monoisotopic (exact) mass is 330 g/mol. The Bertz CT molecular complexity index is 723. The van der Waals surface area contributed by atoms with Gasteiger partial charge < -0.3 is 20.4 Å². The number of fused-ring (bicyclic) bond motifs is 1. The van der Waals surface area contributed by atoms with Gasteiger partial charge in [0.1, 0.15) is 5.70 Å². The summed E-state index contributed by atoms with van der Waals surface area (Å²) in [6.45, 7) is 1.94. The number of carboxylic acids is 1. The Morgan fingerprint density at radius 2 is 2.08 bits per heavy atom. The van der Waals surface area contributed by atoms with Crippen LogP contribution in [0.15, 0.2) is 30.0 Å². The summed E-state index contributed by atoms with van der Waals surface area (Å²) in [4.78, 5) is 35.4. The molecule has 1 saturated heterocycles. The molecule has 3 atom stereocenters. The quantitative estimate of drug-likeness (QED) is 0.515. The first-order valence-electron chi connectivity index (χ1n) is 7.69. The van der Waals surface area contributed by atoms with E-state index in [9.17, 15) is 24.6 Å². The van der Waals surface area contributed by atoms with E-state index in [1.54, 1.807) is 19.1 Å². The molecule has 0 bridgehead atoms. The fraction of sp³-hybridized carbons (Fsp3) is 0.353. The summed E-state index contributed by atoms with van der Waals surface area (Å²) in [5.74, 6) is -2.03. The van der Waals surface area contributed by atoms with Crippen LogP contribution in [-0.2, 0) is 20.9 Å². The number of hydrogen-bond acceptors (Lipinski definition) is 4. The zero-order valence-corrected chi connectivity index (χ0v) is 13.1. The summed E-state index contributed by atoms with van der Waals surface area (Å²) in [7, 11) is 0. The lowest BCUT2D eigenvalue weighted by Gasteiger charge is -2.44. The van der Waals surface area contributed by atoms with Crippen molar-refractivity contribution in [1.82, 2.24) is 10.2 Å². The highest BCUT2D eigenvalue weighted by atomic mass is 16.4. The van der Waals surface area contributed by atoms with Crippen molar-refractivity contribution < 1.29 is 24.6 Å². The van der Waals surface area contributed by atoms with Gasteiger partial charge in [-0.25, -0.2) is 4.79 Å². The van der Waals surface area contributed by atoms with Crippen molar-refractivity contribution in [1.29, 1.82) is 0 Å². The highest BCUT2D eigenvalue weighted by molar-refractivity contribution is 6.06. The molecule has 0 unspecified atom stereocenters. The third-order valence-electron chi connectivity index (χ3n) is 4.62. The molecule has 2 aliphatic heterocycles. The number of carboxylic acid groups (broad SMARTS) is 1. The van der Waals surface area contributed by atoms with Gasteiger partial charge >= 0.3 is 5.97 Å². The van der Waals surface area contributed by atoms with Crippen LogP contribution in [0.4, 0.5) is 0 Å². The Hall–Kier alpha value is -2.67. The molecule has 126 valence electrons. The van der Waals surface area contributed by atoms with Gasteiger partial charge in [0.05, 0.1) is 18.1 Å². The number of β-lactam (4-membered cyclic amide) rings is 1. The van der Waals surface area contributed by atoms with E-state index in [0.717, 1.165) is 11.1 Å². The maximum atomic E-state index is 12.2. The zero-order chi connectivity index (χ0) is 17.4. The molecule has 7 nitrogen and oxygen atoms in total. The van der Waals surface area contributed by atoms with Crippen molar-refractivity contribution in [2.24, 2.45) is 5.92 Å². The minimum absolute atomic E-state index is 0.000617. The van der Waals surface area contributed by atoms with Crippen LogP contribution in [0.25, 0.3) is 5.57 Å². The van der Waals surface area contributed by atoms with Gasteiger partial charge in [0.25, 0.3) is 0 Å². The lowest BCUT2D eigenvalue weighted by Crippen LogP contribution is -2.61. The van der Waals surface area contributed by atoms with Gasteiger partial charge in [-0.15, -0.1) is 0 Å². The van der Waals surface area contributed by atoms with Crippen LogP contribution >= 0.6 is 0 Å². The Balaban J connectivity index is 1.91. The van der Waals surface area contributed by atoms with Crippen molar-refractivity contribution in [3.05, 3.63) is 41.1 Å². The summed E-state index contributed by atoms with van der Waals surface area (Å²) >= 11 is 0. The minimum atomic E-state index is -1.14. The van der Waals surface area contributed by atoms with Crippen molar-refractivity contribution in [3.63, 3.8) is 0 Å². The van der Waals surface area contributed by atoms with E-state index < -0.39 is 18.0 Å². The van der Waals surface area contributed by atoms with Crippen LogP contribution in [0.3, 0.4) is 0 Å². The smallest absolute Gasteiger partial charge is 0.352 e. The molecule has 24 heavy (non-hydrogen) atoms. The third-order valence-corrected chi connectivity index (χ3v) is 4.62. The van der Waals surface area contributed by atoms with Crippen molar-refractivity contribution in [2.45, 2.75) is 32.0 Å². The van der Waals surface area contributed by atoms with Gasteiger partial charge in [0, 0.05) is 6.54 Å². The van der Waals surface area contributed by atoms with Gasteiger partial charge in [-0.05, 0) is 30.0 Å². The molecule has 1 aromatic rings. The molecule has 7 heteroatoms. The number of nitrogens with zero attached hydrogens (tertiary/aromatic N) is 1. The van der Waals surface area contributed by atoms with Crippen molar-refractivity contribution in [2.75, 3.05) is 0 Å². The Morgan fingerprint density at radius 3 is 2.62 bits per heavy atom. The van der Waals surface area contributed by atoms with Crippen LogP contribution in [0.5, 0.6) is 0 Å². The molecular formula is C17H18N2O5. The Kier molecular flexibility index (Phi) is 4.11. The molecular weight excluding hydrogens is 312 g/mol. The first-order valence-corrected chi connectivity index (χ1v) is 7.69. The molecule has 1 fully saturated rings. The normalized spacial score (nSPS) is 23.6. The maximum Gasteiger partial charge on any atom is 0.352 e. The standard InChI is InChI=1S/C17H18N2O5/c1-9(21)14-13-6-12(15(17(23)24)19(13)16(14)22)11-4-2-10(3-5-11)7-18-8-20/h2-5,8-9,13-14,21H,6-7H2,1H3,(H,18,20)(H,23,24)/t9-,13-,14-/m1/s1. The summed E-state index contributed by atoms with van der Waals surface area (Å²) in [6.07, 6.45) is 0.224. The van der Waals surface area contributed by atoms with Crippen molar-refractivity contribution in [3.8, 4) is 0 Å². The molecule has 0 radical (unpaired) electrons. The lowest BCUT2D eigenvalue weighted by atomic mass is 9.82. The summed E-state index contributed by atoms with van der Waals surface area (Å²) in [5.41, 5.74) is 2.22. The number of nitrogens with one attached hydrogen (secondary N) is 1. The number of aliphatic hydroxyl groups is 1. The highest BCUT2D eigenvalue weighted by Crippen LogP contribution is 2.46. The van der Waals surface area contributed by atoms with Gasteiger partial charge in [0.2, 0.25) is 12.3 Å². The van der Waals surface area contributed by atoms with E-state index in [-0.39, 0.29) is 17.6 Å². The van der Waals surface area contributed by atoms with E-state index in [2.05, 4.69) is 5.32 Å². The highest BCUT2D eigenvalue weighted by Gasteiger charge is 2.56. The number of carbonyl (C=O) groups is 3. The number of carbonyl (C=O) groups excluding carboxylic acids is 2. The molecule has 0 spiro atoms.